The Balaban J connectivity index is 1.67. The molecule has 2 aromatic rings. The van der Waals surface area contributed by atoms with Gasteiger partial charge in [-0.25, -0.2) is 9.18 Å². The third kappa shape index (κ3) is 6.65. The summed E-state index contributed by atoms with van der Waals surface area (Å²) in [6.45, 7) is 9.57. The van der Waals surface area contributed by atoms with Gasteiger partial charge in [0.05, 0.1) is 17.8 Å². The molecule has 1 aliphatic heterocycles. The minimum Gasteiger partial charge on any atom is -0.444 e. The molecule has 37 heavy (non-hydrogen) atoms. The number of ether oxygens (including phenoxy) is 1. The Kier molecular flexibility index (Phi) is 7.64. The highest BCUT2D eigenvalue weighted by Crippen LogP contribution is 2.54. The van der Waals surface area contributed by atoms with E-state index in [1.165, 1.54) is 28.8 Å². The number of benzene rings is 2. The lowest BCUT2D eigenvalue weighted by atomic mass is 10.00. The van der Waals surface area contributed by atoms with Gasteiger partial charge in [-0.15, -0.1) is 11.8 Å². The molecule has 0 spiro atoms. The highest BCUT2D eigenvalue weighted by atomic mass is 35.5. The number of ketones is 1. The van der Waals surface area contributed by atoms with Crippen LogP contribution < -0.4 is 10.2 Å². The Morgan fingerprint density at radius 1 is 1.22 bits per heavy atom. The van der Waals surface area contributed by atoms with Crippen LogP contribution in [0.2, 0.25) is 5.02 Å². The van der Waals surface area contributed by atoms with E-state index in [0.717, 1.165) is 12.0 Å². The molecule has 0 radical (unpaired) electrons. The number of rotatable bonds is 6. The van der Waals surface area contributed by atoms with E-state index >= 15 is 4.39 Å². The van der Waals surface area contributed by atoms with E-state index in [-0.39, 0.29) is 47.3 Å². The van der Waals surface area contributed by atoms with Crippen molar-refractivity contribution in [2.24, 2.45) is 11.3 Å². The van der Waals surface area contributed by atoms with Crippen molar-refractivity contribution in [3.8, 4) is 0 Å². The first kappa shape index (κ1) is 27.5. The number of nitrogens with one attached hydrogen (secondary N) is 1. The average Bonchev–Trinajstić information content (AvgIpc) is 3.42. The second-order valence-electron chi connectivity index (χ2n) is 11.4. The van der Waals surface area contributed by atoms with Crippen molar-refractivity contribution in [2.45, 2.75) is 70.5 Å². The number of hydrogen-bond acceptors (Lipinski definition) is 5. The summed E-state index contributed by atoms with van der Waals surface area (Å²) in [5.41, 5.74) is 0.576. The average molecular weight is 547 g/mol. The van der Waals surface area contributed by atoms with Gasteiger partial charge in [-0.1, -0.05) is 37.6 Å². The molecule has 6 nitrogen and oxygen atoms in total. The van der Waals surface area contributed by atoms with Crippen LogP contribution in [0.5, 0.6) is 0 Å². The van der Waals surface area contributed by atoms with Crippen molar-refractivity contribution < 1.29 is 23.5 Å². The van der Waals surface area contributed by atoms with E-state index in [2.05, 4.69) is 19.2 Å². The molecule has 2 aromatic carbocycles. The summed E-state index contributed by atoms with van der Waals surface area (Å²) in [7, 11) is 0. The van der Waals surface area contributed by atoms with Gasteiger partial charge in [0.1, 0.15) is 17.5 Å². The third-order valence-corrected chi connectivity index (χ3v) is 8.09. The van der Waals surface area contributed by atoms with Crippen molar-refractivity contribution in [1.82, 2.24) is 5.32 Å². The summed E-state index contributed by atoms with van der Waals surface area (Å²) < 4.78 is 20.5. The SMILES string of the molecule is CC(C)(C)OC(=O)N[C@H]1CSc2cc(F)c(C(=O)CC3CC3(C)C)cc2N(Cc2ccc(Cl)cc2)C1=O. The van der Waals surface area contributed by atoms with Crippen molar-refractivity contribution in [2.75, 3.05) is 10.7 Å². The van der Waals surface area contributed by atoms with Crippen LogP contribution in [-0.2, 0) is 16.1 Å². The summed E-state index contributed by atoms with van der Waals surface area (Å²) >= 11 is 7.29. The topological polar surface area (TPSA) is 75.7 Å². The number of Topliss-reactive ketones (excluding diaryl/α,β-unsaturated/α-hetero) is 1. The number of alkyl carbamates (subject to hydrolysis) is 1. The first-order valence-corrected chi connectivity index (χ1v) is 13.6. The van der Waals surface area contributed by atoms with Crippen LogP contribution in [0, 0.1) is 17.2 Å². The zero-order valence-corrected chi connectivity index (χ0v) is 23.3. The molecule has 1 saturated carbocycles. The lowest BCUT2D eigenvalue weighted by Crippen LogP contribution is -2.50. The molecule has 0 bridgehead atoms. The molecule has 1 aliphatic carbocycles. The zero-order chi connectivity index (χ0) is 27.1. The fraction of sp³-hybridized carbons (Fsp3) is 0.464. The van der Waals surface area contributed by atoms with Gasteiger partial charge < -0.3 is 15.0 Å². The Hall–Kier alpha value is -2.58. The maximum Gasteiger partial charge on any atom is 0.408 e. The summed E-state index contributed by atoms with van der Waals surface area (Å²) in [6, 6.07) is 8.95. The highest BCUT2D eigenvalue weighted by Gasteiger charge is 2.46. The quantitative estimate of drug-likeness (QED) is 0.411. The monoisotopic (exact) mass is 546 g/mol. The number of carbonyl (C=O) groups is 3. The zero-order valence-electron chi connectivity index (χ0n) is 21.7. The molecular weight excluding hydrogens is 515 g/mol. The van der Waals surface area contributed by atoms with Crippen LogP contribution in [0.3, 0.4) is 0 Å². The van der Waals surface area contributed by atoms with Gasteiger partial charge in [-0.2, -0.15) is 0 Å². The van der Waals surface area contributed by atoms with Crippen molar-refractivity contribution >= 4 is 46.8 Å². The molecule has 9 heteroatoms. The Morgan fingerprint density at radius 3 is 2.46 bits per heavy atom. The lowest BCUT2D eigenvalue weighted by Gasteiger charge is -2.27. The van der Waals surface area contributed by atoms with Gasteiger partial charge in [0.2, 0.25) is 0 Å². The molecule has 2 aliphatic rings. The standard InChI is InChI=1S/C28H32ClFN2O4S/c1-27(2,3)36-26(35)31-21-15-37-24-12-20(30)19(23(33)10-17-13-28(17,4)5)11-22(24)32(25(21)34)14-16-6-8-18(29)9-7-16/h6-9,11-12,17,21H,10,13-15H2,1-5H3,(H,31,35)/t17?,21-/m0/s1. The smallest absolute Gasteiger partial charge is 0.408 e. The number of fused-ring (bicyclic) bond motifs is 1. The van der Waals surface area contributed by atoms with Crippen molar-refractivity contribution in [3.05, 3.63) is 58.4 Å². The minimum atomic E-state index is -0.908. The highest BCUT2D eigenvalue weighted by molar-refractivity contribution is 7.99. The number of thioether (sulfide) groups is 1. The van der Waals surface area contributed by atoms with E-state index in [9.17, 15) is 14.4 Å². The molecular formula is C28H32ClFN2O4S. The summed E-state index contributed by atoms with van der Waals surface area (Å²) in [4.78, 5) is 41.3. The number of anilines is 1. The predicted molar refractivity (Wildman–Crippen MR) is 144 cm³/mol. The van der Waals surface area contributed by atoms with Gasteiger partial charge in [0.25, 0.3) is 5.91 Å². The van der Waals surface area contributed by atoms with Crippen LogP contribution >= 0.6 is 23.4 Å². The Bertz CT molecular complexity index is 1230. The summed E-state index contributed by atoms with van der Waals surface area (Å²) in [5, 5.41) is 3.22. The fourth-order valence-corrected chi connectivity index (χ4v) is 5.58. The Morgan fingerprint density at radius 2 is 1.86 bits per heavy atom. The van der Waals surface area contributed by atoms with Gasteiger partial charge in [0.15, 0.2) is 5.78 Å². The predicted octanol–water partition coefficient (Wildman–Crippen LogP) is 6.63. The lowest BCUT2D eigenvalue weighted by molar-refractivity contribution is -0.120. The molecule has 2 atom stereocenters. The molecule has 2 amide bonds. The second kappa shape index (κ2) is 10.3. The summed E-state index contributed by atoms with van der Waals surface area (Å²) in [6.07, 6.45) is 0.488. The minimum absolute atomic E-state index is 0.0190. The third-order valence-electron chi connectivity index (χ3n) is 6.70. The molecule has 0 saturated heterocycles. The fourth-order valence-electron chi connectivity index (χ4n) is 4.38. The molecule has 198 valence electrons. The number of hydrogen-bond donors (Lipinski definition) is 1. The van der Waals surface area contributed by atoms with E-state index in [1.807, 2.05) is 0 Å². The normalized spacial score (nSPS) is 20.6. The number of amides is 2. The largest absolute Gasteiger partial charge is 0.444 e. The number of nitrogens with zero attached hydrogens (tertiary/aromatic N) is 1. The number of carbonyl (C=O) groups excluding carboxylic acids is 3. The number of halogens is 2. The first-order valence-electron chi connectivity index (χ1n) is 12.3. The molecule has 1 N–H and O–H groups in total. The molecule has 1 unspecified atom stereocenters. The Labute approximate surface area is 226 Å². The molecule has 4 rings (SSSR count). The van der Waals surface area contributed by atoms with Crippen molar-refractivity contribution in [1.29, 1.82) is 0 Å². The second-order valence-corrected chi connectivity index (χ2v) is 12.9. The van der Waals surface area contributed by atoms with E-state index in [1.54, 1.807) is 45.0 Å². The molecule has 1 fully saturated rings. The molecule has 0 aromatic heterocycles. The van der Waals surface area contributed by atoms with Crippen molar-refractivity contribution in [3.63, 3.8) is 0 Å². The maximum absolute atomic E-state index is 15.2. The van der Waals surface area contributed by atoms with Gasteiger partial charge in [0, 0.05) is 22.1 Å². The van der Waals surface area contributed by atoms with Crippen LogP contribution in [0.25, 0.3) is 0 Å². The maximum atomic E-state index is 15.2. The first-order chi connectivity index (χ1) is 17.2. The van der Waals surface area contributed by atoms with Crippen LogP contribution in [-0.4, -0.2) is 35.2 Å². The van der Waals surface area contributed by atoms with Gasteiger partial charge in [-0.05, 0) is 68.4 Å². The van der Waals surface area contributed by atoms with Crippen LogP contribution in [0.1, 0.15) is 63.4 Å². The van der Waals surface area contributed by atoms with Gasteiger partial charge in [-0.3, -0.25) is 9.59 Å². The molecule has 1 heterocycles. The summed E-state index contributed by atoms with van der Waals surface area (Å²) in [5.74, 6) is -0.840. The van der Waals surface area contributed by atoms with Gasteiger partial charge >= 0.3 is 6.09 Å². The van der Waals surface area contributed by atoms with Crippen LogP contribution in [0.4, 0.5) is 14.9 Å². The van der Waals surface area contributed by atoms with E-state index in [4.69, 9.17) is 16.3 Å². The van der Waals surface area contributed by atoms with E-state index < -0.39 is 23.6 Å². The van der Waals surface area contributed by atoms with E-state index in [0.29, 0.717) is 15.6 Å². The van der Waals surface area contributed by atoms with Crippen LogP contribution in [0.15, 0.2) is 41.3 Å².